The summed E-state index contributed by atoms with van der Waals surface area (Å²) in [6.45, 7) is 3.16. The van der Waals surface area contributed by atoms with Crippen molar-refractivity contribution in [2.45, 2.75) is 31.6 Å². The van der Waals surface area contributed by atoms with E-state index in [1.165, 1.54) is 6.39 Å². The van der Waals surface area contributed by atoms with Gasteiger partial charge in [-0.1, -0.05) is 5.16 Å². The molecule has 0 unspecified atom stereocenters. The van der Waals surface area contributed by atoms with E-state index in [-0.39, 0.29) is 30.2 Å². The molecule has 23 heavy (non-hydrogen) atoms. The number of nitrogens with zero attached hydrogens (tertiary/aromatic N) is 4. The van der Waals surface area contributed by atoms with E-state index in [4.69, 9.17) is 10.3 Å². The molecule has 0 spiro atoms. The molecule has 3 heterocycles. The maximum atomic E-state index is 12.7. The van der Waals surface area contributed by atoms with Gasteiger partial charge in [0.25, 0.3) is 0 Å². The molecular formula is C15H23N5O3. The lowest BCUT2D eigenvalue weighted by Crippen LogP contribution is -2.48. The fraction of sp³-hybridized carbons (Fsp3) is 0.733. The first-order valence-electron chi connectivity index (χ1n) is 8.19. The number of aromatic nitrogens is 2. The van der Waals surface area contributed by atoms with Gasteiger partial charge in [0.05, 0.1) is 12.5 Å². The van der Waals surface area contributed by atoms with Crippen molar-refractivity contribution in [3.8, 4) is 0 Å². The predicted octanol–water partition coefficient (Wildman–Crippen LogP) is -0.0271. The molecule has 0 saturated carbocycles. The molecule has 1 aromatic rings. The minimum Gasteiger partial charge on any atom is -0.369 e. The van der Waals surface area contributed by atoms with Crippen LogP contribution in [0, 0.1) is 5.92 Å². The highest BCUT2D eigenvalue weighted by Crippen LogP contribution is 2.27. The molecule has 0 aromatic carbocycles. The summed E-state index contributed by atoms with van der Waals surface area (Å²) in [6, 6.07) is 0. The van der Waals surface area contributed by atoms with Crippen molar-refractivity contribution in [1.29, 1.82) is 0 Å². The van der Waals surface area contributed by atoms with Crippen LogP contribution in [0.2, 0.25) is 0 Å². The molecule has 126 valence electrons. The topological polar surface area (TPSA) is 106 Å². The number of primary amides is 1. The van der Waals surface area contributed by atoms with Crippen LogP contribution in [0.1, 0.15) is 37.4 Å². The fourth-order valence-corrected chi connectivity index (χ4v) is 3.60. The van der Waals surface area contributed by atoms with Crippen LogP contribution in [0.3, 0.4) is 0 Å². The number of carbonyl (C=O) groups is 2. The summed E-state index contributed by atoms with van der Waals surface area (Å²) in [4.78, 5) is 31.8. The predicted molar refractivity (Wildman–Crippen MR) is 81.2 cm³/mol. The second-order valence-electron chi connectivity index (χ2n) is 6.43. The van der Waals surface area contributed by atoms with Crippen molar-refractivity contribution in [2.75, 3.05) is 32.7 Å². The monoisotopic (exact) mass is 321 g/mol. The second-order valence-corrected chi connectivity index (χ2v) is 6.43. The lowest BCUT2D eigenvalue weighted by atomic mass is 9.92. The average molecular weight is 321 g/mol. The van der Waals surface area contributed by atoms with E-state index in [2.05, 4.69) is 10.1 Å². The van der Waals surface area contributed by atoms with Crippen LogP contribution in [0.4, 0.5) is 0 Å². The third kappa shape index (κ3) is 3.87. The Hall–Kier alpha value is -1.96. The Morgan fingerprint density at radius 2 is 2.04 bits per heavy atom. The van der Waals surface area contributed by atoms with E-state index < -0.39 is 0 Å². The lowest BCUT2D eigenvalue weighted by Gasteiger charge is -2.37. The first kappa shape index (κ1) is 15.9. The van der Waals surface area contributed by atoms with Gasteiger partial charge in [0, 0.05) is 25.6 Å². The minimum absolute atomic E-state index is 0.0233. The molecule has 2 amide bonds. The van der Waals surface area contributed by atoms with Gasteiger partial charge >= 0.3 is 0 Å². The fourth-order valence-electron chi connectivity index (χ4n) is 3.60. The normalized spacial score (nSPS) is 23.8. The molecule has 2 aliphatic heterocycles. The highest BCUT2D eigenvalue weighted by Gasteiger charge is 2.32. The summed E-state index contributed by atoms with van der Waals surface area (Å²) >= 11 is 0. The minimum atomic E-state index is -0.334. The molecule has 2 saturated heterocycles. The molecule has 8 heteroatoms. The van der Waals surface area contributed by atoms with E-state index in [0.29, 0.717) is 6.54 Å². The van der Waals surface area contributed by atoms with Crippen molar-refractivity contribution in [1.82, 2.24) is 19.9 Å². The molecule has 3 rings (SSSR count). The van der Waals surface area contributed by atoms with Crippen LogP contribution in [0.25, 0.3) is 0 Å². The molecule has 1 aromatic heterocycles. The number of hydrogen-bond donors (Lipinski definition) is 1. The van der Waals surface area contributed by atoms with E-state index in [0.717, 1.165) is 51.1 Å². The Kier molecular flexibility index (Phi) is 4.90. The van der Waals surface area contributed by atoms with Crippen molar-refractivity contribution in [3.05, 3.63) is 12.2 Å². The standard InChI is InChI=1S/C15H23N5O3/c16-13(21)9-19-5-1-2-12(8-19)15(22)20-6-3-11(4-7-20)14-17-10-23-18-14/h10-12H,1-9H2,(H2,16,21)/t12-/m1/s1. The van der Waals surface area contributed by atoms with Crippen molar-refractivity contribution >= 4 is 11.8 Å². The van der Waals surface area contributed by atoms with Crippen LogP contribution in [0.5, 0.6) is 0 Å². The first-order chi connectivity index (χ1) is 11.1. The maximum absolute atomic E-state index is 12.7. The molecule has 8 nitrogen and oxygen atoms in total. The van der Waals surface area contributed by atoms with E-state index in [9.17, 15) is 9.59 Å². The first-order valence-corrected chi connectivity index (χ1v) is 8.19. The maximum Gasteiger partial charge on any atom is 0.231 e. The molecular weight excluding hydrogens is 298 g/mol. The van der Waals surface area contributed by atoms with Gasteiger partial charge < -0.3 is 15.2 Å². The smallest absolute Gasteiger partial charge is 0.231 e. The number of rotatable bonds is 4. The van der Waals surface area contributed by atoms with Crippen molar-refractivity contribution in [2.24, 2.45) is 11.7 Å². The van der Waals surface area contributed by atoms with Gasteiger partial charge in [0.2, 0.25) is 18.2 Å². The van der Waals surface area contributed by atoms with E-state index in [1.54, 1.807) is 0 Å². The van der Waals surface area contributed by atoms with Gasteiger partial charge in [-0.25, -0.2) is 0 Å². The zero-order chi connectivity index (χ0) is 16.2. The summed E-state index contributed by atoms with van der Waals surface area (Å²) in [7, 11) is 0. The van der Waals surface area contributed by atoms with Gasteiger partial charge in [-0.3, -0.25) is 14.5 Å². The molecule has 2 fully saturated rings. The Bertz CT molecular complexity index is 539. The molecule has 2 aliphatic rings. The van der Waals surface area contributed by atoms with E-state index in [1.807, 2.05) is 9.80 Å². The molecule has 1 atom stereocenters. The number of likely N-dealkylation sites (tertiary alicyclic amines) is 2. The quantitative estimate of drug-likeness (QED) is 0.835. The van der Waals surface area contributed by atoms with Crippen LogP contribution < -0.4 is 5.73 Å². The summed E-state index contributed by atoms with van der Waals surface area (Å²) < 4.78 is 4.80. The Morgan fingerprint density at radius 1 is 1.26 bits per heavy atom. The Morgan fingerprint density at radius 3 is 2.70 bits per heavy atom. The van der Waals surface area contributed by atoms with E-state index >= 15 is 0 Å². The third-order valence-electron chi connectivity index (χ3n) is 4.78. The summed E-state index contributed by atoms with van der Waals surface area (Å²) in [6.07, 6.45) is 4.90. The Balaban J connectivity index is 1.51. The summed E-state index contributed by atoms with van der Waals surface area (Å²) in [5.74, 6) is 0.854. The molecule has 0 bridgehead atoms. The molecule has 0 aliphatic carbocycles. The van der Waals surface area contributed by atoms with Crippen molar-refractivity contribution < 1.29 is 14.1 Å². The van der Waals surface area contributed by atoms with Crippen LogP contribution in [0.15, 0.2) is 10.9 Å². The number of carbonyl (C=O) groups excluding carboxylic acids is 2. The van der Waals surface area contributed by atoms with Gasteiger partial charge in [-0.2, -0.15) is 4.98 Å². The molecule has 2 N–H and O–H groups in total. The van der Waals surface area contributed by atoms with Crippen molar-refractivity contribution in [3.63, 3.8) is 0 Å². The summed E-state index contributed by atoms with van der Waals surface area (Å²) in [5, 5.41) is 3.90. The van der Waals surface area contributed by atoms with Gasteiger partial charge in [0.15, 0.2) is 5.82 Å². The SMILES string of the molecule is NC(=O)CN1CCC[C@@H](C(=O)N2CCC(c3ncon3)CC2)C1. The number of hydrogen-bond acceptors (Lipinski definition) is 6. The number of amides is 2. The zero-order valence-electron chi connectivity index (χ0n) is 13.2. The lowest BCUT2D eigenvalue weighted by molar-refractivity contribution is -0.139. The second kappa shape index (κ2) is 7.08. The highest BCUT2D eigenvalue weighted by atomic mass is 16.5. The largest absolute Gasteiger partial charge is 0.369 e. The average Bonchev–Trinajstić information content (AvgIpc) is 3.08. The summed E-state index contributed by atoms with van der Waals surface area (Å²) in [5.41, 5.74) is 5.25. The third-order valence-corrected chi connectivity index (χ3v) is 4.78. The number of piperidine rings is 2. The highest BCUT2D eigenvalue weighted by molar-refractivity contribution is 5.80. The molecule has 0 radical (unpaired) electrons. The number of nitrogens with two attached hydrogens (primary N) is 1. The Labute approximate surface area is 135 Å². The van der Waals surface area contributed by atoms with Crippen LogP contribution in [-0.4, -0.2) is 64.5 Å². The van der Waals surface area contributed by atoms with Crippen LogP contribution in [-0.2, 0) is 9.59 Å². The van der Waals surface area contributed by atoms with Gasteiger partial charge in [-0.15, -0.1) is 0 Å². The van der Waals surface area contributed by atoms with Gasteiger partial charge in [0.1, 0.15) is 0 Å². The van der Waals surface area contributed by atoms with Crippen LogP contribution >= 0.6 is 0 Å². The van der Waals surface area contributed by atoms with Gasteiger partial charge in [-0.05, 0) is 32.2 Å². The zero-order valence-corrected chi connectivity index (χ0v) is 13.2.